The van der Waals surface area contributed by atoms with Gasteiger partial charge in [-0.05, 0) is 25.3 Å². The Hall–Kier alpha value is -1.35. The first-order valence-electron chi connectivity index (χ1n) is 7.50. The largest absolute Gasteiger partial charge is 0.481 e. The second-order valence-electron chi connectivity index (χ2n) is 5.48. The van der Waals surface area contributed by atoms with Crippen LogP contribution >= 0.6 is 0 Å². The summed E-state index contributed by atoms with van der Waals surface area (Å²) >= 11 is 0. The molecule has 0 heterocycles. The number of unbranched alkanes of at least 4 members (excludes halogenated alkanes) is 5. The van der Waals surface area contributed by atoms with Gasteiger partial charge in [-0.25, -0.2) is 0 Å². The first-order chi connectivity index (χ1) is 9.52. The van der Waals surface area contributed by atoms with E-state index >= 15 is 0 Å². The second-order valence-corrected chi connectivity index (χ2v) is 5.48. The molecule has 0 aromatic heterocycles. The minimum atomic E-state index is -1.38. The van der Waals surface area contributed by atoms with Crippen LogP contribution in [0.1, 0.15) is 52.4 Å². The van der Waals surface area contributed by atoms with Crippen molar-refractivity contribution in [2.75, 3.05) is 0 Å². The summed E-state index contributed by atoms with van der Waals surface area (Å²) in [5, 5.41) is 19.8. The van der Waals surface area contributed by atoms with Crippen LogP contribution in [0.4, 0.5) is 0 Å². The molecule has 0 amide bonds. The van der Waals surface area contributed by atoms with Crippen LogP contribution < -0.4 is 0 Å². The number of aliphatic carboxylic acids is 1. The average Bonchev–Trinajstić information content (AvgIpc) is 2.40. The molecule has 2 unspecified atom stereocenters. The van der Waals surface area contributed by atoms with E-state index in [1.54, 1.807) is 31.2 Å². The van der Waals surface area contributed by atoms with Gasteiger partial charge in [-0.3, -0.25) is 4.79 Å². The molecule has 2 atom stereocenters. The molecule has 0 fully saturated rings. The van der Waals surface area contributed by atoms with Crippen LogP contribution in [0.15, 0.2) is 36.0 Å². The van der Waals surface area contributed by atoms with Crippen molar-refractivity contribution in [1.82, 2.24) is 0 Å². The number of rotatable bonds is 8. The van der Waals surface area contributed by atoms with Gasteiger partial charge in [0.25, 0.3) is 0 Å². The van der Waals surface area contributed by atoms with E-state index in [9.17, 15) is 15.0 Å². The van der Waals surface area contributed by atoms with Gasteiger partial charge in [-0.1, -0.05) is 63.0 Å². The maximum atomic E-state index is 11.3. The Morgan fingerprint density at radius 3 is 2.70 bits per heavy atom. The number of allylic oxidation sites excluding steroid dienone is 3. The van der Waals surface area contributed by atoms with E-state index in [0.29, 0.717) is 5.57 Å². The summed E-state index contributed by atoms with van der Waals surface area (Å²) < 4.78 is 0. The topological polar surface area (TPSA) is 57.5 Å². The standard InChI is InChI=1S/C17H26O3/c1-3-4-5-6-7-8-9-13-17(20)14(2)11-10-12-15(17)16(18)19/h9-13,15,20H,3-8H2,1-2H3,(H,18,19). The van der Waals surface area contributed by atoms with E-state index in [4.69, 9.17) is 0 Å². The number of hydrogen-bond donors (Lipinski definition) is 2. The van der Waals surface area contributed by atoms with Gasteiger partial charge in [-0.2, -0.15) is 0 Å². The Bertz CT molecular complexity index is 406. The average molecular weight is 278 g/mol. The fraction of sp³-hybridized carbons (Fsp3) is 0.588. The van der Waals surface area contributed by atoms with Crippen molar-refractivity contribution in [1.29, 1.82) is 0 Å². The van der Waals surface area contributed by atoms with Gasteiger partial charge in [0, 0.05) is 0 Å². The molecule has 20 heavy (non-hydrogen) atoms. The zero-order chi connectivity index (χ0) is 15.0. The molecule has 0 aromatic carbocycles. The van der Waals surface area contributed by atoms with Crippen molar-refractivity contribution in [3.05, 3.63) is 36.0 Å². The second kappa shape index (κ2) is 8.05. The molecule has 0 saturated carbocycles. The van der Waals surface area contributed by atoms with E-state index < -0.39 is 17.5 Å². The molecule has 112 valence electrons. The number of carboxylic acid groups (broad SMARTS) is 1. The summed E-state index contributed by atoms with van der Waals surface area (Å²) in [4.78, 5) is 11.3. The van der Waals surface area contributed by atoms with E-state index in [0.717, 1.165) is 12.8 Å². The molecule has 1 rings (SSSR count). The lowest BCUT2D eigenvalue weighted by atomic mass is 9.78. The van der Waals surface area contributed by atoms with Gasteiger partial charge < -0.3 is 10.2 Å². The molecule has 1 aliphatic rings. The normalized spacial score (nSPS) is 25.9. The van der Waals surface area contributed by atoms with Crippen LogP contribution in [0.25, 0.3) is 0 Å². The molecule has 0 saturated heterocycles. The maximum absolute atomic E-state index is 11.3. The zero-order valence-corrected chi connectivity index (χ0v) is 12.5. The zero-order valence-electron chi connectivity index (χ0n) is 12.5. The summed E-state index contributed by atoms with van der Waals surface area (Å²) in [6, 6.07) is 0. The lowest BCUT2D eigenvalue weighted by Gasteiger charge is -2.32. The third-order valence-corrected chi connectivity index (χ3v) is 3.87. The third kappa shape index (κ3) is 4.34. The van der Waals surface area contributed by atoms with E-state index in [2.05, 4.69) is 6.92 Å². The number of carboxylic acids is 1. The molecule has 0 aliphatic heterocycles. The highest BCUT2D eigenvalue weighted by molar-refractivity contribution is 5.76. The number of hydrogen-bond acceptors (Lipinski definition) is 2. The van der Waals surface area contributed by atoms with E-state index in [-0.39, 0.29) is 0 Å². The fourth-order valence-corrected chi connectivity index (χ4v) is 2.47. The van der Waals surface area contributed by atoms with Gasteiger partial charge in [0.15, 0.2) is 0 Å². The van der Waals surface area contributed by atoms with E-state index in [1.165, 1.54) is 25.7 Å². The van der Waals surface area contributed by atoms with Crippen molar-refractivity contribution >= 4 is 5.97 Å². The molecule has 2 N–H and O–H groups in total. The van der Waals surface area contributed by atoms with Gasteiger partial charge in [-0.15, -0.1) is 0 Å². The third-order valence-electron chi connectivity index (χ3n) is 3.87. The monoisotopic (exact) mass is 278 g/mol. The predicted molar refractivity (Wildman–Crippen MR) is 81.5 cm³/mol. The molecular formula is C17H26O3. The van der Waals surface area contributed by atoms with E-state index in [1.807, 2.05) is 6.08 Å². The summed E-state index contributed by atoms with van der Waals surface area (Å²) in [5.74, 6) is -1.90. The van der Waals surface area contributed by atoms with Gasteiger partial charge in [0.2, 0.25) is 0 Å². The van der Waals surface area contributed by atoms with Crippen LogP contribution in [0.5, 0.6) is 0 Å². The molecule has 0 spiro atoms. The minimum absolute atomic E-state index is 0.676. The molecular weight excluding hydrogens is 252 g/mol. The summed E-state index contributed by atoms with van der Waals surface area (Å²) in [7, 11) is 0. The van der Waals surface area contributed by atoms with Crippen LogP contribution in [-0.4, -0.2) is 21.8 Å². The lowest BCUT2D eigenvalue weighted by Crippen LogP contribution is -2.42. The molecule has 3 heteroatoms. The van der Waals surface area contributed by atoms with Crippen molar-refractivity contribution in [3.8, 4) is 0 Å². The Balaban J connectivity index is 2.55. The quantitative estimate of drug-likeness (QED) is 0.523. The van der Waals surface area contributed by atoms with Crippen LogP contribution in [0.2, 0.25) is 0 Å². The number of aliphatic hydroxyl groups is 1. The lowest BCUT2D eigenvalue weighted by molar-refractivity contribution is -0.144. The Kier molecular flexibility index (Phi) is 6.73. The SMILES string of the molecule is CCCCCCCC=CC1(O)C(C)=CC=CC1C(=O)O. The first kappa shape index (κ1) is 16.7. The van der Waals surface area contributed by atoms with Crippen LogP contribution in [0, 0.1) is 5.92 Å². The summed E-state index contributed by atoms with van der Waals surface area (Å²) in [5.41, 5.74) is -0.709. The highest BCUT2D eigenvalue weighted by Crippen LogP contribution is 2.32. The first-order valence-corrected chi connectivity index (χ1v) is 7.50. The van der Waals surface area contributed by atoms with Crippen LogP contribution in [0.3, 0.4) is 0 Å². The highest BCUT2D eigenvalue weighted by atomic mass is 16.4. The number of carbonyl (C=O) groups is 1. The van der Waals surface area contributed by atoms with Crippen molar-refractivity contribution in [3.63, 3.8) is 0 Å². The van der Waals surface area contributed by atoms with Gasteiger partial charge in [0.05, 0.1) is 0 Å². The molecule has 0 radical (unpaired) electrons. The van der Waals surface area contributed by atoms with Crippen LogP contribution in [-0.2, 0) is 4.79 Å². The van der Waals surface area contributed by atoms with Crippen molar-refractivity contribution in [2.45, 2.75) is 58.0 Å². The Morgan fingerprint density at radius 1 is 1.35 bits per heavy atom. The maximum Gasteiger partial charge on any atom is 0.314 e. The van der Waals surface area contributed by atoms with Gasteiger partial charge in [0.1, 0.15) is 11.5 Å². The smallest absolute Gasteiger partial charge is 0.314 e. The Labute approximate surface area is 121 Å². The van der Waals surface area contributed by atoms with Crippen molar-refractivity contribution < 1.29 is 15.0 Å². The molecule has 0 bridgehead atoms. The summed E-state index contributed by atoms with van der Waals surface area (Å²) in [6.45, 7) is 3.96. The minimum Gasteiger partial charge on any atom is -0.481 e. The molecule has 3 nitrogen and oxygen atoms in total. The predicted octanol–water partition coefficient (Wildman–Crippen LogP) is 3.85. The van der Waals surface area contributed by atoms with Crippen molar-refractivity contribution in [2.24, 2.45) is 5.92 Å². The molecule has 0 aromatic rings. The van der Waals surface area contributed by atoms with Gasteiger partial charge >= 0.3 is 5.97 Å². The molecule has 1 aliphatic carbocycles. The summed E-state index contributed by atoms with van der Waals surface area (Å²) in [6.07, 6.45) is 15.5. The Morgan fingerprint density at radius 2 is 2.05 bits per heavy atom. The fourth-order valence-electron chi connectivity index (χ4n) is 2.47. The highest BCUT2D eigenvalue weighted by Gasteiger charge is 2.40.